The van der Waals surface area contributed by atoms with Crippen molar-refractivity contribution in [1.82, 2.24) is 5.32 Å². The second-order valence-electron chi connectivity index (χ2n) is 5.32. The first-order valence-electron chi connectivity index (χ1n) is 7.49. The van der Waals surface area contributed by atoms with Crippen molar-refractivity contribution in [3.63, 3.8) is 0 Å². The van der Waals surface area contributed by atoms with Crippen LogP contribution in [0.1, 0.15) is 26.7 Å². The van der Waals surface area contributed by atoms with Crippen LogP contribution in [0.4, 0.5) is 5.69 Å². The summed E-state index contributed by atoms with van der Waals surface area (Å²) in [7, 11) is 0. The van der Waals surface area contributed by atoms with Crippen molar-refractivity contribution in [2.75, 3.05) is 18.5 Å². The third-order valence-corrected chi connectivity index (χ3v) is 3.40. The second-order valence-corrected chi connectivity index (χ2v) is 5.32. The minimum Gasteiger partial charge on any atom is -0.479 e. The molecule has 1 aliphatic heterocycles. The number of hydrogen-bond acceptors (Lipinski definition) is 4. The van der Waals surface area contributed by atoms with Gasteiger partial charge in [-0.15, -0.1) is 0 Å². The Morgan fingerprint density at radius 1 is 1.41 bits per heavy atom. The van der Waals surface area contributed by atoms with Crippen molar-refractivity contribution in [3.8, 4) is 5.75 Å². The molecular weight excluding hydrogens is 284 g/mol. The van der Waals surface area contributed by atoms with E-state index >= 15 is 0 Å². The molecule has 1 aromatic carbocycles. The number of benzene rings is 1. The van der Waals surface area contributed by atoms with Gasteiger partial charge in [-0.25, -0.2) is 0 Å². The molecule has 1 heterocycles. The predicted molar refractivity (Wildman–Crippen MR) is 82.8 cm³/mol. The summed E-state index contributed by atoms with van der Waals surface area (Å²) in [5.74, 6) is 0.0807. The van der Waals surface area contributed by atoms with Crippen molar-refractivity contribution in [2.45, 2.75) is 38.9 Å². The Hall–Kier alpha value is -2.08. The number of para-hydroxylation sites is 2. The molecule has 2 N–H and O–H groups in total. The van der Waals surface area contributed by atoms with E-state index in [9.17, 15) is 9.59 Å². The van der Waals surface area contributed by atoms with E-state index in [0.29, 0.717) is 18.0 Å². The van der Waals surface area contributed by atoms with Crippen LogP contribution in [0, 0.1) is 0 Å². The largest absolute Gasteiger partial charge is 0.479 e. The number of ether oxygens (including phenoxy) is 2. The molecule has 2 rings (SSSR count). The lowest BCUT2D eigenvalue weighted by Gasteiger charge is -2.18. The van der Waals surface area contributed by atoms with E-state index in [2.05, 4.69) is 10.6 Å². The van der Waals surface area contributed by atoms with E-state index in [1.54, 1.807) is 31.2 Å². The van der Waals surface area contributed by atoms with Gasteiger partial charge in [-0.2, -0.15) is 0 Å². The van der Waals surface area contributed by atoms with Crippen LogP contribution in [-0.4, -0.2) is 37.2 Å². The molecule has 1 aromatic rings. The van der Waals surface area contributed by atoms with Crippen LogP contribution in [-0.2, 0) is 14.3 Å². The zero-order valence-electron chi connectivity index (χ0n) is 12.9. The molecule has 0 unspecified atom stereocenters. The quantitative estimate of drug-likeness (QED) is 0.839. The molecule has 0 radical (unpaired) electrons. The topological polar surface area (TPSA) is 76.7 Å². The summed E-state index contributed by atoms with van der Waals surface area (Å²) in [6.45, 7) is 4.36. The monoisotopic (exact) mass is 306 g/mol. The SMILES string of the molecule is CC(=O)Nc1ccccc1O[C@H](C)C(=O)NC[C@@H]1CCCO1. The van der Waals surface area contributed by atoms with Gasteiger partial charge in [0.2, 0.25) is 5.91 Å². The first-order valence-corrected chi connectivity index (χ1v) is 7.49. The van der Waals surface area contributed by atoms with E-state index in [1.807, 2.05) is 0 Å². The highest BCUT2D eigenvalue weighted by Gasteiger charge is 2.20. The van der Waals surface area contributed by atoms with Crippen molar-refractivity contribution in [2.24, 2.45) is 0 Å². The molecule has 6 nitrogen and oxygen atoms in total. The van der Waals surface area contributed by atoms with E-state index in [-0.39, 0.29) is 17.9 Å². The predicted octanol–water partition coefficient (Wildman–Crippen LogP) is 1.71. The number of amides is 2. The number of carbonyl (C=O) groups excluding carboxylic acids is 2. The van der Waals surface area contributed by atoms with Crippen molar-refractivity contribution in [1.29, 1.82) is 0 Å². The molecule has 0 aliphatic carbocycles. The van der Waals surface area contributed by atoms with Gasteiger partial charge in [-0.3, -0.25) is 9.59 Å². The fraction of sp³-hybridized carbons (Fsp3) is 0.500. The Labute approximate surface area is 130 Å². The Morgan fingerprint density at radius 3 is 2.86 bits per heavy atom. The second kappa shape index (κ2) is 7.79. The Bertz CT molecular complexity index is 527. The molecule has 1 saturated heterocycles. The van der Waals surface area contributed by atoms with Gasteiger partial charge < -0.3 is 20.1 Å². The van der Waals surface area contributed by atoms with Gasteiger partial charge in [0.15, 0.2) is 6.10 Å². The van der Waals surface area contributed by atoms with Crippen LogP contribution < -0.4 is 15.4 Å². The number of rotatable bonds is 6. The molecule has 1 aliphatic rings. The summed E-state index contributed by atoms with van der Waals surface area (Å²) in [4.78, 5) is 23.2. The number of nitrogens with one attached hydrogen (secondary N) is 2. The molecule has 0 saturated carbocycles. The molecule has 22 heavy (non-hydrogen) atoms. The van der Waals surface area contributed by atoms with Crippen LogP contribution in [0.2, 0.25) is 0 Å². The van der Waals surface area contributed by atoms with Gasteiger partial charge in [0.05, 0.1) is 11.8 Å². The molecule has 6 heteroatoms. The summed E-state index contributed by atoms with van der Waals surface area (Å²) >= 11 is 0. The van der Waals surface area contributed by atoms with Gasteiger partial charge in [-0.1, -0.05) is 12.1 Å². The Balaban J connectivity index is 1.88. The molecule has 1 fully saturated rings. The van der Waals surface area contributed by atoms with E-state index in [4.69, 9.17) is 9.47 Å². The van der Waals surface area contributed by atoms with Gasteiger partial charge in [0.1, 0.15) is 5.75 Å². The average molecular weight is 306 g/mol. The maximum Gasteiger partial charge on any atom is 0.260 e. The van der Waals surface area contributed by atoms with Crippen LogP contribution in [0.15, 0.2) is 24.3 Å². The van der Waals surface area contributed by atoms with E-state index in [1.165, 1.54) is 6.92 Å². The number of hydrogen-bond donors (Lipinski definition) is 2. The summed E-state index contributed by atoms with van der Waals surface area (Å²) < 4.78 is 11.1. The fourth-order valence-electron chi connectivity index (χ4n) is 2.27. The summed E-state index contributed by atoms with van der Waals surface area (Å²) in [6.07, 6.45) is 1.46. The smallest absolute Gasteiger partial charge is 0.260 e. The molecule has 2 atom stereocenters. The van der Waals surface area contributed by atoms with Gasteiger partial charge >= 0.3 is 0 Å². The summed E-state index contributed by atoms with van der Waals surface area (Å²) in [5.41, 5.74) is 0.550. The van der Waals surface area contributed by atoms with Crippen molar-refractivity contribution < 1.29 is 19.1 Å². The zero-order chi connectivity index (χ0) is 15.9. The third-order valence-electron chi connectivity index (χ3n) is 3.40. The minimum atomic E-state index is -0.656. The highest BCUT2D eigenvalue weighted by atomic mass is 16.5. The lowest BCUT2D eigenvalue weighted by atomic mass is 10.2. The lowest BCUT2D eigenvalue weighted by molar-refractivity contribution is -0.127. The first-order chi connectivity index (χ1) is 10.6. The molecule has 2 amide bonds. The maximum absolute atomic E-state index is 12.1. The molecular formula is C16H22N2O4. The number of carbonyl (C=O) groups is 2. The van der Waals surface area contributed by atoms with Gasteiger partial charge in [0.25, 0.3) is 5.91 Å². The molecule has 0 aromatic heterocycles. The fourth-order valence-corrected chi connectivity index (χ4v) is 2.27. The average Bonchev–Trinajstić information content (AvgIpc) is 2.99. The summed E-state index contributed by atoms with van der Waals surface area (Å²) in [6, 6.07) is 7.03. The molecule has 120 valence electrons. The first kappa shape index (κ1) is 16.3. The third kappa shape index (κ3) is 4.73. The molecule has 0 spiro atoms. The highest BCUT2D eigenvalue weighted by molar-refractivity contribution is 5.90. The van der Waals surface area contributed by atoms with Crippen molar-refractivity contribution in [3.05, 3.63) is 24.3 Å². The normalized spacial score (nSPS) is 18.5. The van der Waals surface area contributed by atoms with Crippen LogP contribution >= 0.6 is 0 Å². The van der Waals surface area contributed by atoms with E-state index in [0.717, 1.165) is 19.4 Å². The van der Waals surface area contributed by atoms with Crippen molar-refractivity contribution >= 4 is 17.5 Å². The standard InChI is InChI=1S/C16H22N2O4/c1-11(16(20)17-10-13-6-5-9-21-13)22-15-8-4-3-7-14(15)18-12(2)19/h3-4,7-8,11,13H,5-6,9-10H2,1-2H3,(H,17,20)(H,18,19)/t11-,13+/m1/s1. The van der Waals surface area contributed by atoms with Crippen LogP contribution in [0.25, 0.3) is 0 Å². The van der Waals surface area contributed by atoms with Gasteiger partial charge in [0, 0.05) is 20.1 Å². The van der Waals surface area contributed by atoms with Gasteiger partial charge in [-0.05, 0) is 31.9 Å². The van der Waals surface area contributed by atoms with E-state index < -0.39 is 6.10 Å². The lowest BCUT2D eigenvalue weighted by Crippen LogP contribution is -2.40. The minimum absolute atomic E-state index is 0.0998. The van der Waals surface area contributed by atoms with Crippen LogP contribution in [0.5, 0.6) is 5.75 Å². The zero-order valence-corrected chi connectivity index (χ0v) is 12.9. The van der Waals surface area contributed by atoms with Crippen LogP contribution in [0.3, 0.4) is 0 Å². The Kier molecular flexibility index (Phi) is 5.77. The highest BCUT2D eigenvalue weighted by Crippen LogP contribution is 2.24. The summed E-state index contributed by atoms with van der Waals surface area (Å²) in [5, 5.41) is 5.51. The molecule has 0 bridgehead atoms. The number of anilines is 1. The maximum atomic E-state index is 12.1. The Morgan fingerprint density at radius 2 is 2.18 bits per heavy atom.